The zero-order valence-corrected chi connectivity index (χ0v) is 20.4. The summed E-state index contributed by atoms with van der Waals surface area (Å²) in [5.74, 6) is 0.619. The first-order valence-electron chi connectivity index (χ1n) is 11.5. The predicted molar refractivity (Wildman–Crippen MR) is 131 cm³/mol. The minimum absolute atomic E-state index is 0.176. The second-order valence-electron chi connectivity index (χ2n) is 10.2. The van der Waals surface area contributed by atoms with Crippen molar-refractivity contribution in [3.05, 3.63) is 48.0 Å². The Kier molecular flexibility index (Phi) is 7.48. The Hall–Kier alpha value is -2.55. The monoisotopic (exact) mass is 435 g/mol. The molecule has 0 bridgehead atoms. The summed E-state index contributed by atoms with van der Waals surface area (Å²) < 4.78 is 12.2. The van der Waals surface area contributed by atoms with Crippen LogP contribution < -0.4 is 9.64 Å². The fraction of sp³-hybridized carbons (Fsp3) is 0.519. The van der Waals surface area contributed by atoms with Gasteiger partial charge in [0.1, 0.15) is 23.0 Å². The van der Waals surface area contributed by atoms with Crippen LogP contribution in [0, 0.1) is 11.3 Å². The fourth-order valence-electron chi connectivity index (χ4n) is 3.84. The number of hydrogen-bond acceptors (Lipinski definition) is 5. The van der Waals surface area contributed by atoms with Gasteiger partial charge in [0.2, 0.25) is 0 Å². The lowest BCUT2D eigenvalue weighted by Crippen LogP contribution is -2.44. The van der Waals surface area contributed by atoms with Gasteiger partial charge in [0, 0.05) is 43.9 Å². The summed E-state index contributed by atoms with van der Waals surface area (Å²) in [5.41, 5.74) is 3.11. The number of anilines is 1. The van der Waals surface area contributed by atoms with Crippen molar-refractivity contribution in [2.24, 2.45) is 0 Å². The molecule has 0 radical (unpaired) electrons. The predicted octanol–water partition coefficient (Wildman–Crippen LogP) is 5.34. The van der Waals surface area contributed by atoms with Crippen LogP contribution in [0.5, 0.6) is 5.75 Å². The highest BCUT2D eigenvalue weighted by Crippen LogP contribution is 2.34. The lowest BCUT2D eigenvalue weighted by molar-refractivity contribution is -0.0293. The van der Waals surface area contributed by atoms with Gasteiger partial charge in [-0.2, -0.15) is 5.26 Å². The number of likely N-dealkylation sites (N-methyl/N-ethyl adjacent to an activating group) is 1. The van der Waals surface area contributed by atoms with Crippen molar-refractivity contribution in [2.75, 3.05) is 44.7 Å². The van der Waals surface area contributed by atoms with Gasteiger partial charge in [0.05, 0.1) is 12.2 Å². The van der Waals surface area contributed by atoms with Gasteiger partial charge in [-0.05, 0) is 65.4 Å². The zero-order valence-electron chi connectivity index (χ0n) is 20.4. The Morgan fingerprint density at radius 2 is 1.59 bits per heavy atom. The Balaban J connectivity index is 1.76. The van der Waals surface area contributed by atoms with Crippen molar-refractivity contribution >= 4 is 5.69 Å². The van der Waals surface area contributed by atoms with Gasteiger partial charge < -0.3 is 19.3 Å². The van der Waals surface area contributed by atoms with Crippen LogP contribution in [0.4, 0.5) is 5.69 Å². The minimum Gasteiger partial charge on any atom is -0.486 e. The molecule has 3 rings (SSSR count). The molecule has 1 aliphatic rings. The smallest absolute Gasteiger partial charge is 0.138 e. The third kappa shape index (κ3) is 6.48. The van der Waals surface area contributed by atoms with E-state index in [1.165, 1.54) is 5.69 Å². The second kappa shape index (κ2) is 9.94. The summed E-state index contributed by atoms with van der Waals surface area (Å²) in [6.07, 6.45) is 0.735. The lowest BCUT2D eigenvalue weighted by atomic mass is 9.98. The summed E-state index contributed by atoms with van der Waals surface area (Å²) in [6.45, 7) is 15.1. The van der Waals surface area contributed by atoms with Crippen molar-refractivity contribution in [1.29, 1.82) is 5.26 Å². The molecule has 0 unspecified atom stereocenters. The molecule has 0 aliphatic carbocycles. The van der Waals surface area contributed by atoms with E-state index in [4.69, 9.17) is 9.47 Å². The van der Waals surface area contributed by atoms with Gasteiger partial charge in [-0.25, -0.2) is 0 Å². The van der Waals surface area contributed by atoms with Crippen LogP contribution in [0.15, 0.2) is 42.5 Å². The zero-order chi connectivity index (χ0) is 23.4. The minimum atomic E-state index is -0.444. The standard InChI is InChI=1S/C27H37N3O2/c1-26(2,3)31-19-14-27(4,5)32-25-9-7-8-23(24(25)20-28)21-10-12-22(13-11-21)30-17-15-29(6)16-18-30/h7-13H,14-19H2,1-6H3. The third-order valence-corrected chi connectivity index (χ3v) is 5.81. The maximum Gasteiger partial charge on any atom is 0.138 e. The van der Waals surface area contributed by atoms with Gasteiger partial charge in [-0.15, -0.1) is 0 Å². The Bertz CT molecular complexity index is 931. The summed E-state index contributed by atoms with van der Waals surface area (Å²) in [5, 5.41) is 9.96. The number of piperazine rings is 1. The molecule has 5 heteroatoms. The second-order valence-corrected chi connectivity index (χ2v) is 10.2. The van der Waals surface area contributed by atoms with Crippen LogP contribution >= 0.6 is 0 Å². The average molecular weight is 436 g/mol. The first-order valence-corrected chi connectivity index (χ1v) is 11.5. The van der Waals surface area contributed by atoms with E-state index in [1.807, 2.05) is 52.8 Å². The maximum atomic E-state index is 9.96. The van der Waals surface area contributed by atoms with E-state index in [0.717, 1.165) is 43.7 Å². The van der Waals surface area contributed by atoms with E-state index >= 15 is 0 Å². The molecule has 0 atom stereocenters. The number of hydrogen-bond donors (Lipinski definition) is 0. The lowest BCUT2D eigenvalue weighted by Gasteiger charge is -2.34. The summed E-state index contributed by atoms with van der Waals surface area (Å²) >= 11 is 0. The van der Waals surface area contributed by atoms with E-state index in [2.05, 4.69) is 47.2 Å². The highest BCUT2D eigenvalue weighted by molar-refractivity contribution is 5.75. The van der Waals surface area contributed by atoms with E-state index in [-0.39, 0.29) is 5.60 Å². The fourth-order valence-corrected chi connectivity index (χ4v) is 3.84. The molecule has 2 aromatic carbocycles. The quantitative estimate of drug-likeness (QED) is 0.587. The molecular weight excluding hydrogens is 398 g/mol. The molecule has 172 valence electrons. The molecule has 0 spiro atoms. The van der Waals surface area contributed by atoms with Crippen molar-refractivity contribution in [1.82, 2.24) is 4.90 Å². The molecule has 1 heterocycles. The van der Waals surface area contributed by atoms with Gasteiger partial charge >= 0.3 is 0 Å². The molecule has 0 saturated carbocycles. The van der Waals surface area contributed by atoms with Crippen LogP contribution in [0.25, 0.3) is 11.1 Å². The molecule has 5 nitrogen and oxygen atoms in total. The number of benzene rings is 2. The number of nitrogens with zero attached hydrogens (tertiary/aromatic N) is 3. The van der Waals surface area contributed by atoms with Crippen LogP contribution in [0.3, 0.4) is 0 Å². The van der Waals surface area contributed by atoms with E-state index in [9.17, 15) is 5.26 Å². The molecule has 0 N–H and O–H groups in total. The largest absolute Gasteiger partial charge is 0.486 e. The first kappa shape index (κ1) is 24.1. The van der Waals surface area contributed by atoms with Crippen LogP contribution in [0.1, 0.15) is 46.6 Å². The van der Waals surface area contributed by atoms with Gasteiger partial charge in [-0.1, -0.05) is 24.3 Å². The van der Waals surface area contributed by atoms with Crippen molar-refractivity contribution < 1.29 is 9.47 Å². The van der Waals surface area contributed by atoms with E-state index in [1.54, 1.807) is 0 Å². The summed E-state index contributed by atoms with van der Waals surface area (Å²) in [7, 11) is 2.16. The Morgan fingerprint density at radius 1 is 0.938 bits per heavy atom. The molecule has 1 fully saturated rings. The maximum absolute atomic E-state index is 9.96. The van der Waals surface area contributed by atoms with Crippen LogP contribution in [0.2, 0.25) is 0 Å². The normalized spacial score (nSPS) is 15.5. The number of rotatable bonds is 7. The number of ether oxygens (including phenoxy) is 2. The molecule has 0 aromatic heterocycles. The van der Waals surface area contributed by atoms with Crippen molar-refractivity contribution in [3.63, 3.8) is 0 Å². The van der Waals surface area contributed by atoms with E-state index in [0.29, 0.717) is 17.9 Å². The third-order valence-electron chi connectivity index (χ3n) is 5.81. The highest BCUT2D eigenvalue weighted by atomic mass is 16.5. The average Bonchev–Trinajstić information content (AvgIpc) is 2.73. The Labute approximate surface area is 193 Å². The Morgan fingerprint density at radius 3 is 2.19 bits per heavy atom. The highest BCUT2D eigenvalue weighted by Gasteiger charge is 2.24. The topological polar surface area (TPSA) is 48.7 Å². The van der Waals surface area contributed by atoms with E-state index < -0.39 is 5.60 Å². The SMILES string of the molecule is CN1CCN(c2ccc(-c3cccc(OC(C)(C)CCOC(C)(C)C)c3C#N)cc2)CC1. The van der Waals surface area contributed by atoms with Crippen LogP contribution in [-0.4, -0.2) is 55.9 Å². The molecule has 1 aliphatic heterocycles. The summed E-state index contributed by atoms with van der Waals surface area (Å²) in [6, 6.07) is 16.7. The molecule has 0 amide bonds. The first-order chi connectivity index (χ1) is 15.1. The van der Waals surface area contributed by atoms with Crippen molar-refractivity contribution in [2.45, 2.75) is 52.2 Å². The van der Waals surface area contributed by atoms with Gasteiger partial charge in [-0.3, -0.25) is 0 Å². The summed E-state index contributed by atoms with van der Waals surface area (Å²) in [4.78, 5) is 4.77. The van der Waals surface area contributed by atoms with Gasteiger partial charge in [0.15, 0.2) is 0 Å². The molecule has 1 saturated heterocycles. The molecule has 32 heavy (non-hydrogen) atoms. The molecular formula is C27H37N3O2. The van der Waals surface area contributed by atoms with Crippen molar-refractivity contribution in [3.8, 4) is 22.9 Å². The number of nitriles is 1. The molecule has 2 aromatic rings. The van der Waals surface area contributed by atoms with Gasteiger partial charge in [0.25, 0.3) is 0 Å². The van der Waals surface area contributed by atoms with Crippen LogP contribution in [-0.2, 0) is 4.74 Å².